The molecule has 1 aliphatic heterocycles. The van der Waals surface area contributed by atoms with Crippen molar-refractivity contribution in [3.8, 4) is 0 Å². The molecule has 0 radical (unpaired) electrons. The Bertz CT molecular complexity index is 283. The van der Waals surface area contributed by atoms with Crippen LogP contribution in [0.15, 0.2) is 24.5 Å². The molecule has 1 fully saturated rings. The lowest BCUT2D eigenvalue weighted by Gasteiger charge is -2.38. The number of aliphatic hydroxyl groups is 1. The Labute approximate surface area is 90.8 Å². The summed E-state index contributed by atoms with van der Waals surface area (Å²) in [7, 11) is 0. The Kier molecular flexibility index (Phi) is 3.69. The van der Waals surface area contributed by atoms with Crippen molar-refractivity contribution in [2.75, 3.05) is 26.2 Å². The summed E-state index contributed by atoms with van der Waals surface area (Å²) in [6.45, 7) is 3.65. The normalized spacial score (nSPS) is 17.7. The molecular formula is C12H18N2O. The van der Waals surface area contributed by atoms with Gasteiger partial charge in [0.2, 0.25) is 0 Å². The average molecular weight is 206 g/mol. The van der Waals surface area contributed by atoms with Gasteiger partial charge in [-0.05, 0) is 37.1 Å². The summed E-state index contributed by atoms with van der Waals surface area (Å²) in [6, 6.07) is 4.15. The van der Waals surface area contributed by atoms with Crippen LogP contribution < -0.4 is 0 Å². The lowest BCUT2D eigenvalue weighted by Crippen LogP contribution is -2.48. The largest absolute Gasteiger partial charge is 0.396 e. The van der Waals surface area contributed by atoms with E-state index in [2.05, 4.69) is 22.0 Å². The van der Waals surface area contributed by atoms with Crippen molar-refractivity contribution in [1.29, 1.82) is 0 Å². The number of aromatic nitrogens is 1. The summed E-state index contributed by atoms with van der Waals surface area (Å²) < 4.78 is 0. The van der Waals surface area contributed by atoms with E-state index in [0.717, 1.165) is 26.1 Å². The molecule has 15 heavy (non-hydrogen) atoms. The molecule has 2 heterocycles. The quantitative estimate of drug-likeness (QED) is 0.779. The maximum Gasteiger partial charge on any atom is 0.0483 e. The smallest absolute Gasteiger partial charge is 0.0483 e. The number of hydrogen-bond acceptors (Lipinski definition) is 3. The fourth-order valence-electron chi connectivity index (χ4n) is 2.03. The van der Waals surface area contributed by atoms with Crippen molar-refractivity contribution in [2.24, 2.45) is 5.92 Å². The van der Waals surface area contributed by atoms with Crippen molar-refractivity contribution in [3.63, 3.8) is 0 Å². The molecule has 3 heteroatoms. The summed E-state index contributed by atoms with van der Waals surface area (Å²) in [5, 5.41) is 8.87. The van der Waals surface area contributed by atoms with E-state index in [4.69, 9.17) is 5.11 Å². The van der Waals surface area contributed by atoms with Crippen LogP contribution in [-0.4, -0.2) is 41.2 Å². The molecule has 0 unspecified atom stereocenters. The van der Waals surface area contributed by atoms with Gasteiger partial charge in [-0.25, -0.2) is 0 Å². The predicted molar refractivity (Wildman–Crippen MR) is 59.6 cm³/mol. The van der Waals surface area contributed by atoms with E-state index in [1.165, 1.54) is 12.0 Å². The van der Waals surface area contributed by atoms with E-state index in [-0.39, 0.29) is 0 Å². The van der Waals surface area contributed by atoms with Gasteiger partial charge in [0.25, 0.3) is 0 Å². The Morgan fingerprint density at radius 3 is 2.73 bits per heavy atom. The first-order chi connectivity index (χ1) is 7.38. The third kappa shape index (κ3) is 3.01. The molecule has 0 amide bonds. The molecule has 1 N–H and O–H groups in total. The van der Waals surface area contributed by atoms with Crippen LogP contribution in [0.4, 0.5) is 0 Å². The lowest BCUT2D eigenvalue weighted by atomic mass is 10.0. The molecule has 2 rings (SSSR count). The van der Waals surface area contributed by atoms with Crippen LogP contribution in [-0.2, 0) is 6.42 Å². The monoisotopic (exact) mass is 206 g/mol. The van der Waals surface area contributed by atoms with Crippen molar-refractivity contribution in [3.05, 3.63) is 30.1 Å². The minimum atomic E-state index is 0.348. The molecule has 0 saturated carbocycles. The second-order valence-electron chi connectivity index (χ2n) is 4.27. The standard InChI is InChI=1S/C12H18N2O/c15-10-12-8-14(9-12)7-1-2-11-3-5-13-6-4-11/h3-6,12,15H,1-2,7-10H2. The summed E-state index contributed by atoms with van der Waals surface area (Å²) in [5.74, 6) is 0.533. The highest BCUT2D eigenvalue weighted by Crippen LogP contribution is 2.15. The molecule has 82 valence electrons. The van der Waals surface area contributed by atoms with Crippen LogP contribution in [0.1, 0.15) is 12.0 Å². The van der Waals surface area contributed by atoms with Gasteiger partial charge in [-0.1, -0.05) is 0 Å². The van der Waals surface area contributed by atoms with E-state index in [9.17, 15) is 0 Å². The van der Waals surface area contributed by atoms with Gasteiger partial charge in [0.1, 0.15) is 0 Å². The Balaban J connectivity index is 1.60. The van der Waals surface area contributed by atoms with Gasteiger partial charge in [-0.2, -0.15) is 0 Å². The molecule has 1 aromatic rings. The van der Waals surface area contributed by atoms with Gasteiger partial charge in [0, 0.05) is 38.0 Å². The van der Waals surface area contributed by atoms with Crippen LogP contribution in [0, 0.1) is 5.92 Å². The SMILES string of the molecule is OCC1CN(CCCc2ccncc2)C1. The second-order valence-corrected chi connectivity index (χ2v) is 4.27. The number of hydrogen-bond donors (Lipinski definition) is 1. The van der Waals surface area contributed by atoms with Crippen LogP contribution in [0.3, 0.4) is 0 Å². The van der Waals surface area contributed by atoms with E-state index in [1.54, 1.807) is 0 Å². The summed E-state index contributed by atoms with van der Waals surface area (Å²) in [6.07, 6.45) is 6.02. The zero-order valence-electron chi connectivity index (χ0n) is 8.97. The predicted octanol–water partition coefficient (Wildman–Crippen LogP) is 0.938. The third-order valence-electron chi connectivity index (χ3n) is 2.98. The minimum absolute atomic E-state index is 0.348. The lowest BCUT2D eigenvalue weighted by molar-refractivity contribution is 0.0533. The van der Waals surface area contributed by atoms with Crippen molar-refractivity contribution in [1.82, 2.24) is 9.88 Å². The summed E-state index contributed by atoms with van der Waals surface area (Å²) in [4.78, 5) is 6.40. The molecule has 1 saturated heterocycles. The zero-order chi connectivity index (χ0) is 10.5. The van der Waals surface area contributed by atoms with E-state index < -0.39 is 0 Å². The van der Waals surface area contributed by atoms with Crippen LogP contribution in [0.25, 0.3) is 0 Å². The Hall–Kier alpha value is -0.930. The molecule has 0 aromatic carbocycles. The molecule has 0 spiro atoms. The highest BCUT2D eigenvalue weighted by Gasteiger charge is 2.24. The summed E-state index contributed by atoms with van der Waals surface area (Å²) >= 11 is 0. The number of aryl methyl sites for hydroxylation is 1. The zero-order valence-corrected chi connectivity index (χ0v) is 8.97. The van der Waals surface area contributed by atoms with E-state index in [1.807, 2.05) is 12.4 Å². The number of rotatable bonds is 5. The van der Waals surface area contributed by atoms with Crippen molar-refractivity contribution < 1.29 is 5.11 Å². The first-order valence-electron chi connectivity index (χ1n) is 5.60. The average Bonchev–Trinajstić information content (AvgIpc) is 2.23. The highest BCUT2D eigenvalue weighted by atomic mass is 16.3. The van der Waals surface area contributed by atoms with Gasteiger partial charge >= 0.3 is 0 Å². The number of aliphatic hydroxyl groups excluding tert-OH is 1. The van der Waals surface area contributed by atoms with Crippen molar-refractivity contribution in [2.45, 2.75) is 12.8 Å². The first-order valence-corrected chi connectivity index (χ1v) is 5.60. The van der Waals surface area contributed by atoms with Crippen LogP contribution in [0.2, 0.25) is 0 Å². The minimum Gasteiger partial charge on any atom is -0.396 e. The topological polar surface area (TPSA) is 36.4 Å². The Morgan fingerprint density at radius 1 is 1.33 bits per heavy atom. The van der Waals surface area contributed by atoms with Crippen LogP contribution >= 0.6 is 0 Å². The maximum atomic E-state index is 8.87. The fraction of sp³-hybridized carbons (Fsp3) is 0.583. The molecule has 0 aliphatic carbocycles. The number of pyridine rings is 1. The number of likely N-dealkylation sites (tertiary alicyclic amines) is 1. The molecule has 1 aliphatic rings. The van der Waals surface area contributed by atoms with Gasteiger partial charge in [0.05, 0.1) is 0 Å². The fourth-order valence-corrected chi connectivity index (χ4v) is 2.03. The van der Waals surface area contributed by atoms with E-state index >= 15 is 0 Å². The van der Waals surface area contributed by atoms with Gasteiger partial charge in [-0.3, -0.25) is 4.98 Å². The van der Waals surface area contributed by atoms with Crippen molar-refractivity contribution >= 4 is 0 Å². The summed E-state index contributed by atoms with van der Waals surface area (Å²) in [5.41, 5.74) is 1.37. The van der Waals surface area contributed by atoms with Gasteiger partial charge in [0.15, 0.2) is 0 Å². The Morgan fingerprint density at radius 2 is 2.07 bits per heavy atom. The molecule has 3 nitrogen and oxygen atoms in total. The molecule has 0 bridgehead atoms. The third-order valence-corrected chi connectivity index (χ3v) is 2.98. The van der Waals surface area contributed by atoms with Crippen LogP contribution in [0.5, 0.6) is 0 Å². The maximum absolute atomic E-state index is 8.87. The highest BCUT2D eigenvalue weighted by molar-refractivity contribution is 5.09. The van der Waals surface area contributed by atoms with Gasteiger partial charge < -0.3 is 10.0 Å². The number of nitrogens with zero attached hydrogens (tertiary/aromatic N) is 2. The van der Waals surface area contributed by atoms with E-state index in [0.29, 0.717) is 12.5 Å². The molecule has 0 atom stereocenters. The van der Waals surface area contributed by atoms with Gasteiger partial charge in [-0.15, -0.1) is 0 Å². The second kappa shape index (κ2) is 5.24. The first kappa shape index (κ1) is 10.6. The molecule has 1 aromatic heterocycles. The molecular weight excluding hydrogens is 188 g/mol.